The van der Waals surface area contributed by atoms with E-state index in [0.29, 0.717) is 4.31 Å². The fourth-order valence-corrected chi connectivity index (χ4v) is 4.84. The van der Waals surface area contributed by atoms with Gasteiger partial charge in [0.05, 0.1) is 24.0 Å². The molecule has 0 aromatic carbocycles. The normalized spacial score (nSPS) is 34.7. The molecule has 0 radical (unpaired) electrons. The van der Waals surface area contributed by atoms with Gasteiger partial charge in [0.1, 0.15) is 0 Å². The Morgan fingerprint density at radius 1 is 1.09 bits per heavy atom. The smallest absolute Gasteiger partial charge is 0.393 e. The zero-order chi connectivity index (χ0) is 17.6. The summed E-state index contributed by atoms with van der Waals surface area (Å²) in [5.74, 6) is -5.64. The van der Waals surface area contributed by atoms with Gasteiger partial charge in [0.2, 0.25) is 0 Å². The third-order valence-electron chi connectivity index (χ3n) is 4.06. The average Bonchev–Trinajstić information content (AvgIpc) is 2.83. The number of nitrogens with zero attached hydrogens (tertiary/aromatic N) is 2. The number of carboxylic acids is 1. The second-order valence-electron chi connectivity index (χ2n) is 5.99. The number of aliphatic carboxylic acids is 1. The molecule has 0 spiro atoms. The third-order valence-corrected chi connectivity index (χ3v) is 5.96. The molecule has 2 saturated heterocycles. The predicted octanol–water partition coefficient (Wildman–Crippen LogP) is 0.535. The van der Waals surface area contributed by atoms with Crippen molar-refractivity contribution in [3.63, 3.8) is 0 Å². The number of rotatable bonds is 3. The van der Waals surface area contributed by atoms with Crippen LogP contribution in [0.25, 0.3) is 0 Å². The van der Waals surface area contributed by atoms with Crippen LogP contribution in [0.5, 0.6) is 0 Å². The molecular formula is C12H19F3N2O5S. The number of halogens is 3. The summed E-state index contributed by atoms with van der Waals surface area (Å²) in [6, 6.07) is 0. The number of carboxylic acid groups (broad SMARTS) is 1. The Balaban J connectivity index is 2.22. The lowest BCUT2D eigenvalue weighted by molar-refractivity contribution is -0.187. The molecule has 0 amide bonds. The maximum Gasteiger partial charge on any atom is 0.393 e. The molecule has 134 valence electrons. The zero-order valence-electron chi connectivity index (χ0n) is 12.7. The molecule has 0 bridgehead atoms. The Morgan fingerprint density at radius 2 is 1.57 bits per heavy atom. The fraction of sp³-hybridized carbons (Fsp3) is 0.917. The van der Waals surface area contributed by atoms with E-state index >= 15 is 0 Å². The summed E-state index contributed by atoms with van der Waals surface area (Å²) in [5.41, 5.74) is 0. The van der Waals surface area contributed by atoms with Crippen molar-refractivity contribution in [2.24, 2.45) is 11.8 Å². The second-order valence-corrected chi connectivity index (χ2v) is 7.92. The van der Waals surface area contributed by atoms with E-state index in [0.717, 1.165) is 4.31 Å². The lowest BCUT2D eigenvalue weighted by atomic mass is 9.96. The van der Waals surface area contributed by atoms with Gasteiger partial charge in [-0.2, -0.15) is 30.2 Å². The molecule has 2 fully saturated rings. The first kappa shape index (κ1) is 18.4. The van der Waals surface area contributed by atoms with Crippen molar-refractivity contribution in [1.82, 2.24) is 8.61 Å². The molecule has 2 heterocycles. The quantitative estimate of drug-likeness (QED) is 0.794. The van der Waals surface area contributed by atoms with Crippen LogP contribution in [0, 0.1) is 11.8 Å². The van der Waals surface area contributed by atoms with Gasteiger partial charge < -0.3 is 9.84 Å². The zero-order valence-corrected chi connectivity index (χ0v) is 13.5. The largest absolute Gasteiger partial charge is 0.481 e. The summed E-state index contributed by atoms with van der Waals surface area (Å²) in [6.45, 7) is 1.83. The van der Waals surface area contributed by atoms with Gasteiger partial charge >= 0.3 is 12.1 Å². The lowest BCUT2D eigenvalue weighted by Crippen LogP contribution is -2.52. The van der Waals surface area contributed by atoms with Crippen molar-refractivity contribution in [2.75, 3.05) is 26.2 Å². The van der Waals surface area contributed by atoms with Crippen molar-refractivity contribution in [2.45, 2.75) is 32.2 Å². The van der Waals surface area contributed by atoms with E-state index in [1.54, 1.807) is 13.8 Å². The summed E-state index contributed by atoms with van der Waals surface area (Å²) < 4.78 is 71.1. The first-order valence-electron chi connectivity index (χ1n) is 7.13. The number of carbonyl (C=O) groups is 1. The minimum Gasteiger partial charge on any atom is -0.481 e. The van der Waals surface area contributed by atoms with E-state index in [1.807, 2.05) is 0 Å². The van der Waals surface area contributed by atoms with Crippen LogP contribution in [0.1, 0.15) is 13.8 Å². The molecule has 2 aliphatic heterocycles. The molecule has 23 heavy (non-hydrogen) atoms. The molecule has 0 aromatic heterocycles. The number of hydrogen-bond acceptors (Lipinski definition) is 4. The molecule has 11 heteroatoms. The molecule has 4 atom stereocenters. The molecule has 7 nitrogen and oxygen atoms in total. The molecule has 2 aliphatic rings. The van der Waals surface area contributed by atoms with Crippen molar-refractivity contribution < 1.29 is 36.2 Å². The second kappa shape index (κ2) is 6.19. The van der Waals surface area contributed by atoms with Crippen molar-refractivity contribution in [3.8, 4) is 0 Å². The highest BCUT2D eigenvalue weighted by molar-refractivity contribution is 7.86. The highest BCUT2D eigenvalue weighted by Crippen LogP contribution is 2.39. The van der Waals surface area contributed by atoms with Gasteiger partial charge in [0.15, 0.2) is 0 Å². The van der Waals surface area contributed by atoms with Crippen molar-refractivity contribution in [3.05, 3.63) is 0 Å². The average molecular weight is 360 g/mol. The predicted molar refractivity (Wildman–Crippen MR) is 72.7 cm³/mol. The highest BCUT2D eigenvalue weighted by Gasteiger charge is 2.55. The monoisotopic (exact) mass is 360 g/mol. The van der Waals surface area contributed by atoms with E-state index in [9.17, 15) is 26.4 Å². The first-order valence-corrected chi connectivity index (χ1v) is 8.52. The van der Waals surface area contributed by atoms with Crippen LogP contribution < -0.4 is 0 Å². The molecular weight excluding hydrogens is 341 g/mol. The van der Waals surface area contributed by atoms with Crippen LogP contribution in [0.15, 0.2) is 0 Å². The molecule has 0 saturated carbocycles. The molecule has 2 unspecified atom stereocenters. The molecule has 0 aromatic rings. The Labute approximate surface area is 132 Å². The molecule has 0 aliphatic carbocycles. The highest BCUT2D eigenvalue weighted by atomic mass is 32.2. The van der Waals surface area contributed by atoms with Crippen LogP contribution in [0.4, 0.5) is 13.2 Å². The van der Waals surface area contributed by atoms with Gasteiger partial charge in [-0.05, 0) is 13.8 Å². The van der Waals surface area contributed by atoms with Gasteiger partial charge in [0, 0.05) is 26.2 Å². The van der Waals surface area contributed by atoms with Crippen LogP contribution in [-0.2, 0) is 19.7 Å². The van der Waals surface area contributed by atoms with Crippen LogP contribution >= 0.6 is 0 Å². The Bertz CT molecular complexity index is 558. The van der Waals surface area contributed by atoms with Gasteiger partial charge in [0.25, 0.3) is 10.2 Å². The summed E-state index contributed by atoms with van der Waals surface area (Å²) in [6.07, 6.45) is -5.53. The van der Waals surface area contributed by atoms with Crippen LogP contribution in [0.3, 0.4) is 0 Å². The van der Waals surface area contributed by atoms with E-state index in [1.165, 1.54) is 0 Å². The minimum atomic E-state index is -4.76. The number of alkyl halides is 3. The number of ether oxygens (including phenoxy) is 1. The number of morpholine rings is 1. The molecule has 1 N–H and O–H groups in total. The Kier molecular flexibility index (Phi) is 4.96. The van der Waals surface area contributed by atoms with Gasteiger partial charge in [-0.25, -0.2) is 0 Å². The number of hydrogen-bond donors (Lipinski definition) is 1. The van der Waals surface area contributed by atoms with Crippen molar-refractivity contribution in [1.29, 1.82) is 0 Å². The Morgan fingerprint density at radius 3 is 1.96 bits per heavy atom. The first-order chi connectivity index (χ1) is 10.4. The van der Waals surface area contributed by atoms with E-state index in [-0.39, 0.29) is 25.3 Å². The summed E-state index contributed by atoms with van der Waals surface area (Å²) in [4.78, 5) is 11.1. The molecule has 2 rings (SSSR count). The van der Waals surface area contributed by atoms with Crippen molar-refractivity contribution >= 4 is 16.2 Å². The summed E-state index contributed by atoms with van der Waals surface area (Å²) >= 11 is 0. The third kappa shape index (κ3) is 3.78. The Hall–Kier alpha value is -0.910. The fourth-order valence-electron chi connectivity index (χ4n) is 3.02. The maximum atomic E-state index is 13.0. The van der Waals surface area contributed by atoms with Crippen LogP contribution in [0.2, 0.25) is 0 Å². The van der Waals surface area contributed by atoms with E-state index in [4.69, 9.17) is 9.84 Å². The minimum absolute atomic E-state index is 0.0254. The van der Waals surface area contributed by atoms with E-state index < -0.39 is 47.3 Å². The lowest BCUT2D eigenvalue weighted by Gasteiger charge is -2.36. The van der Waals surface area contributed by atoms with E-state index in [2.05, 4.69) is 0 Å². The van der Waals surface area contributed by atoms with Gasteiger partial charge in [-0.1, -0.05) is 0 Å². The van der Waals surface area contributed by atoms with Gasteiger partial charge in [-0.15, -0.1) is 0 Å². The SMILES string of the molecule is CC1CN(S(=O)(=O)N2C[C@@H](C(F)(F)F)[C@H](C(=O)O)C2)CC(C)O1. The van der Waals surface area contributed by atoms with Crippen LogP contribution in [-0.4, -0.2) is 72.7 Å². The summed E-state index contributed by atoms with van der Waals surface area (Å²) in [7, 11) is -4.16. The topological polar surface area (TPSA) is 87.2 Å². The summed E-state index contributed by atoms with van der Waals surface area (Å²) in [5, 5.41) is 8.97. The van der Waals surface area contributed by atoms with Gasteiger partial charge in [-0.3, -0.25) is 4.79 Å². The standard InChI is InChI=1S/C12H19F3N2O5S/c1-7-3-16(4-8(2)22-7)23(20,21)17-5-9(11(18)19)10(6-17)12(13,14)15/h7-10H,3-6H2,1-2H3,(H,18,19)/t7?,8?,9-,10-/m1/s1. The maximum absolute atomic E-state index is 13.0.